The van der Waals surface area contributed by atoms with Crippen LogP contribution in [-0.2, 0) is 4.79 Å². The number of aliphatic hydroxyl groups excluding tert-OH is 1. The van der Waals surface area contributed by atoms with E-state index >= 15 is 0 Å². The van der Waals surface area contributed by atoms with Crippen molar-refractivity contribution in [3.8, 4) is 5.75 Å². The second kappa shape index (κ2) is 4.63. The van der Waals surface area contributed by atoms with Crippen LogP contribution in [-0.4, -0.2) is 35.8 Å². The number of phenols is 1. The van der Waals surface area contributed by atoms with E-state index in [1.807, 2.05) is 4.90 Å². The van der Waals surface area contributed by atoms with Crippen molar-refractivity contribution in [1.82, 2.24) is 5.32 Å². The van der Waals surface area contributed by atoms with Crippen LogP contribution in [0.1, 0.15) is 18.6 Å². The first-order valence-electron chi connectivity index (χ1n) is 5.60. The number of aliphatic hydroxyl groups is 1. The molecular weight excluding hydrogens is 220 g/mol. The van der Waals surface area contributed by atoms with Crippen LogP contribution < -0.4 is 10.2 Å². The summed E-state index contributed by atoms with van der Waals surface area (Å²) in [4.78, 5) is 13.1. The minimum Gasteiger partial charge on any atom is -0.507 e. The van der Waals surface area contributed by atoms with Crippen LogP contribution in [0.2, 0.25) is 0 Å². The molecule has 1 aliphatic heterocycles. The average Bonchev–Trinajstić information content (AvgIpc) is 2.28. The van der Waals surface area contributed by atoms with Crippen molar-refractivity contribution in [2.24, 2.45) is 0 Å². The summed E-state index contributed by atoms with van der Waals surface area (Å²) >= 11 is 0. The fourth-order valence-electron chi connectivity index (χ4n) is 1.94. The molecule has 5 nitrogen and oxygen atoms in total. The third-order valence-electron chi connectivity index (χ3n) is 2.87. The van der Waals surface area contributed by atoms with Gasteiger partial charge in [0.25, 0.3) is 0 Å². The van der Waals surface area contributed by atoms with E-state index in [0.717, 1.165) is 12.2 Å². The first-order valence-corrected chi connectivity index (χ1v) is 5.60. The Morgan fingerprint density at radius 3 is 2.82 bits per heavy atom. The quantitative estimate of drug-likeness (QED) is 0.694. The lowest BCUT2D eigenvalue weighted by atomic mass is 10.1. The molecule has 0 spiro atoms. The summed E-state index contributed by atoms with van der Waals surface area (Å²) in [6.07, 6.45) is -0.700. The summed E-state index contributed by atoms with van der Waals surface area (Å²) in [7, 11) is 0. The zero-order chi connectivity index (χ0) is 12.4. The summed E-state index contributed by atoms with van der Waals surface area (Å²) in [6.45, 7) is 3.23. The maximum absolute atomic E-state index is 11.3. The maximum Gasteiger partial charge on any atom is 0.239 e. The largest absolute Gasteiger partial charge is 0.507 e. The molecule has 2 rings (SSSR count). The molecule has 1 amide bonds. The summed E-state index contributed by atoms with van der Waals surface area (Å²) < 4.78 is 0. The van der Waals surface area contributed by atoms with Gasteiger partial charge >= 0.3 is 0 Å². The lowest BCUT2D eigenvalue weighted by molar-refractivity contribution is -0.120. The number of nitrogens with zero attached hydrogens (tertiary/aromatic N) is 1. The molecule has 0 aliphatic carbocycles. The topological polar surface area (TPSA) is 72.8 Å². The van der Waals surface area contributed by atoms with Crippen molar-refractivity contribution in [1.29, 1.82) is 0 Å². The predicted octanol–water partition coefficient (Wildman–Crippen LogP) is 0.382. The van der Waals surface area contributed by atoms with Crippen molar-refractivity contribution in [3.05, 3.63) is 23.8 Å². The molecule has 17 heavy (non-hydrogen) atoms. The minimum atomic E-state index is -0.700. The first kappa shape index (κ1) is 11.7. The number of nitrogens with one attached hydrogen (secondary N) is 1. The molecular formula is C12H16N2O3. The number of hydrogen-bond acceptors (Lipinski definition) is 4. The number of anilines is 1. The van der Waals surface area contributed by atoms with Gasteiger partial charge in [-0.1, -0.05) is 6.07 Å². The van der Waals surface area contributed by atoms with E-state index in [0.29, 0.717) is 18.7 Å². The van der Waals surface area contributed by atoms with Crippen LogP contribution >= 0.6 is 0 Å². The number of phenolic OH excluding ortho intramolecular Hbond substituents is 1. The molecule has 3 N–H and O–H groups in total. The van der Waals surface area contributed by atoms with Crippen LogP contribution in [0.5, 0.6) is 5.75 Å². The van der Waals surface area contributed by atoms with Crippen LogP contribution in [0, 0.1) is 0 Å². The molecule has 1 heterocycles. The van der Waals surface area contributed by atoms with Crippen LogP contribution in [0.4, 0.5) is 5.69 Å². The number of carbonyl (C=O) groups is 1. The van der Waals surface area contributed by atoms with E-state index in [2.05, 4.69) is 5.32 Å². The monoisotopic (exact) mass is 236 g/mol. The lowest BCUT2D eigenvalue weighted by Crippen LogP contribution is -2.47. The highest BCUT2D eigenvalue weighted by molar-refractivity contribution is 5.82. The molecule has 0 bridgehead atoms. The Kier molecular flexibility index (Phi) is 3.19. The number of hydrogen-bond donors (Lipinski definition) is 3. The second-order valence-corrected chi connectivity index (χ2v) is 4.19. The summed E-state index contributed by atoms with van der Waals surface area (Å²) in [5, 5.41) is 21.9. The Bertz CT molecular complexity index is 432. The minimum absolute atomic E-state index is 0.0182. The van der Waals surface area contributed by atoms with Crippen molar-refractivity contribution < 1.29 is 15.0 Å². The normalized spacial score (nSPS) is 17.8. The third-order valence-corrected chi connectivity index (χ3v) is 2.87. The molecule has 1 fully saturated rings. The number of amides is 1. The summed E-state index contributed by atoms with van der Waals surface area (Å²) in [5.74, 6) is 0.0406. The van der Waals surface area contributed by atoms with Gasteiger partial charge in [-0.3, -0.25) is 4.79 Å². The maximum atomic E-state index is 11.3. The standard InChI is InChI=1S/C12H16N2O3/c1-8(15)10-3-2-9(6-11(10)16)14-5-4-13-12(17)7-14/h2-3,6,8,15-16H,4-5,7H2,1H3,(H,13,17). The number of rotatable bonds is 2. The number of carbonyl (C=O) groups excluding carboxylic acids is 1. The van der Waals surface area contributed by atoms with Gasteiger partial charge in [-0.05, 0) is 13.0 Å². The molecule has 1 unspecified atom stereocenters. The Balaban J connectivity index is 2.22. The Morgan fingerprint density at radius 2 is 2.24 bits per heavy atom. The Labute approximate surface area is 99.7 Å². The highest BCUT2D eigenvalue weighted by Gasteiger charge is 2.17. The van der Waals surface area contributed by atoms with E-state index in [-0.39, 0.29) is 11.7 Å². The smallest absolute Gasteiger partial charge is 0.239 e. The molecule has 5 heteroatoms. The second-order valence-electron chi connectivity index (χ2n) is 4.19. The van der Waals surface area contributed by atoms with Gasteiger partial charge in [-0.25, -0.2) is 0 Å². The van der Waals surface area contributed by atoms with Gasteiger partial charge in [0.05, 0.1) is 12.6 Å². The van der Waals surface area contributed by atoms with Gasteiger partial charge in [0.2, 0.25) is 5.91 Å². The van der Waals surface area contributed by atoms with Gasteiger partial charge < -0.3 is 20.4 Å². The van der Waals surface area contributed by atoms with E-state index in [1.165, 1.54) is 0 Å². The van der Waals surface area contributed by atoms with Gasteiger partial charge in [0.1, 0.15) is 5.75 Å². The summed E-state index contributed by atoms with van der Waals surface area (Å²) in [5.41, 5.74) is 1.29. The molecule has 1 atom stereocenters. The van der Waals surface area contributed by atoms with Crippen LogP contribution in [0.3, 0.4) is 0 Å². The Hall–Kier alpha value is -1.75. The lowest BCUT2D eigenvalue weighted by Gasteiger charge is -2.29. The zero-order valence-corrected chi connectivity index (χ0v) is 9.68. The molecule has 1 aliphatic rings. The van der Waals surface area contributed by atoms with Gasteiger partial charge in [0, 0.05) is 30.4 Å². The van der Waals surface area contributed by atoms with E-state index in [1.54, 1.807) is 25.1 Å². The van der Waals surface area contributed by atoms with Crippen molar-refractivity contribution >= 4 is 11.6 Å². The Morgan fingerprint density at radius 1 is 1.47 bits per heavy atom. The van der Waals surface area contributed by atoms with Crippen molar-refractivity contribution in [2.45, 2.75) is 13.0 Å². The fourth-order valence-corrected chi connectivity index (χ4v) is 1.94. The number of aromatic hydroxyl groups is 1. The SMILES string of the molecule is CC(O)c1ccc(N2CCNC(=O)C2)cc1O. The van der Waals surface area contributed by atoms with E-state index in [4.69, 9.17) is 0 Å². The molecule has 1 aromatic rings. The molecule has 1 aromatic carbocycles. The van der Waals surface area contributed by atoms with Gasteiger partial charge in [-0.2, -0.15) is 0 Å². The van der Waals surface area contributed by atoms with Crippen LogP contribution in [0.25, 0.3) is 0 Å². The highest BCUT2D eigenvalue weighted by Crippen LogP contribution is 2.29. The van der Waals surface area contributed by atoms with Crippen LogP contribution in [0.15, 0.2) is 18.2 Å². The van der Waals surface area contributed by atoms with Gasteiger partial charge in [0.15, 0.2) is 0 Å². The average molecular weight is 236 g/mol. The van der Waals surface area contributed by atoms with Crippen molar-refractivity contribution in [2.75, 3.05) is 24.5 Å². The van der Waals surface area contributed by atoms with Gasteiger partial charge in [-0.15, -0.1) is 0 Å². The fraction of sp³-hybridized carbons (Fsp3) is 0.417. The first-order chi connectivity index (χ1) is 8.08. The molecule has 1 saturated heterocycles. The predicted molar refractivity (Wildman–Crippen MR) is 64.0 cm³/mol. The van der Waals surface area contributed by atoms with E-state index in [9.17, 15) is 15.0 Å². The number of benzene rings is 1. The van der Waals surface area contributed by atoms with E-state index < -0.39 is 6.10 Å². The molecule has 0 aromatic heterocycles. The number of piperazine rings is 1. The zero-order valence-electron chi connectivity index (χ0n) is 9.68. The summed E-state index contributed by atoms with van der Waals surface area (Å²) in [6, 6.07) is 5.07. The molecule has 92 valence electrons. The van der Waals surface area contributed by atoms with Crippen molar-refractivity contribution in [3.63, 3.8) is 0 Å². The molecule has 0 saturated carbocycles. The third kappa shape index (κ3) is 2.50. The molecule has 0 radical (unpaired) electrons. The highest BCUT2D eigenvalue weighted by atomic mass is 16.3.